The smallest absolute Gasteiger partial charge is 0.131 e. The SMILES string of the molecule is CNCC1(O)c2cc(C#N)ccc2COc2ccccc21. The summed E-state index contributed by atoms with van der Waals surface area (Å²) < 4.78 is 5.82. The van der Waals surface area contributed by atoms with E-state index in [1.807, 2.05) is 30.3 Å². The number of para-hydroxylation sites is 1. The van der Waals surface area contributed by atoms with Crippen LogP contribution in [0.2, 0.25) is 0 Å². The molecule has 0 spiro atoms. The van der Waals surface area contributed by atoms with Crippen LogP contribution in [-0.4, -0.2) is 18.7 Å². The van der Waals surface area contributed by atoms with Gasteiger partial charge in [-0.3, -0.25) is 0 Å². The first-order chi connectivity index (χ1) is 10.2. The molecule has 1 atom stereocenters. The molecule has 0 radical (unpaired) electrons. The maximum absolute atomic E-state index is 11.3. The Morgan fingerprint density at radius 1 is 1.29 bits per heavy atom. The second-order valence-corrected chi connectivity index (χ2v) is 5.16. The number of nitrogens with zero attached hydrogens (tertiary/aromatic N) is 1. The van der Waals surface area contributed by atoms with Crippen LogP contribution in [0, 0.1) is 11.3 Å². The molecule has 0 bridgehead atoms. The van der Waals surface area contributed by atoms with E-state index in [0.29, 0.717) is 30.0 Å². The van der Waals surface area contributed by atoms with E-state index >= 15 is 0 Å². The van der Waals surface area contributed by atoms with Crippen molar-refractivity contribution >= 4 is 0 Å². The number of likely N-dealkylation sites (N-methyl/N-ethyl adjacent to an activating group) is 1. The normalized spacial score (nSPS) is 19.7. The van der Waals surface area contributed by atoms with Gasteiger partial charge in [-0.2, -0.15) is 5.26 Å². The van der Waals surface area contributed by atoms with E-state index in [-0.39, 0.29) is 0 Å². The fourth-order valence-electron chi connectivity index (χ4n) is 2.84. The van der Waals surface area contributed by atoms with Gasteiger partial charge in [0.15, 0.2) is 0 Å². The Hall–Kier alpha value is -2.35. The largest absolute Gasteiger partial charge is 0.488 e. The Balaban J connectivity index is 2.27. The molecule has 0 aliphatic carbocycles. The minimum atomic E-state index is -1.22. The lowest BCUT2D eigenvalue weighted by Crippen LogP contribution is -2.38. The van der Waals surface area contributed by atoms with E-state index in [2.05, 4.69) is 11.4 Å². The number of hydrogen-bond donors (Lipinski definition) is 2. The third kappa shape index (κ3) is 2.17. The standard InChI is InChI=1S/C17H16N2O2/c1-19-11-17(20)14-4-2-3-5-16(14)21-10-13-7-6-12(9-18)8-15(13)17/h2-8,19-20H,10-11H2,1H3. The number of ether oxygens (including phenoxy) is 1. The van der Waals surface area contributed by atoms with E-state index in [1.54, 1.807) is 19.2 Å². The maximum Gasteiger partial charge on any atom is 0.131 e. The van der Waals surface area contributed by atoms with Gasteiger partial charge in [0.25, 0.3) is 0 Å². The van der Waals surface area contributed by atoms with Gasteiger partial charge >= 0.3 is 0 Å². The highest BCUT2D eigenvalue weighted by Crippen LogP contribution is 2.40. The fraction of sp³-hybridized carbons (Fsp3) is 0.235. The molecule has 2 aromatic carbocycles. The fourth-order valence-corrected chi connectivity index (χ4v) is 2.84. The average molecular weight is 280 g/mol. The monoisotopic (exact) mass is 280 g/mol. The van der Waals surface area contributed by atoms with Crippen molar-refractivity contribution < 1.29 is 9.84 Å². The molecule has 2 N–H and O–H groups in total. The molecule has 1 heterocycles. The van der Waals surface area contributed by atoms with Crippen molar-refractivity contribution in [1.82, 2.24) is 5.32 Å². The Bertz CT molecular complexity index is 721. The van der Waals surface area contributed by atoms with Crippen molar-refractivity contribution in [2.45, 2.75) is 12.2 Å². The molecule has 0 saturated heterocycles. The summed E-state index contributed by atoms with van der Waals surface area (Å²) >= 11 is 0. The van der Waals surface area contributed by atoms with E-state index in [9.17, 15) is 5.11 Å². The average Bonchev–Trinajstić information content (AvgIpc) is 2.64. The van der Waals surface area contributed by atoms with E-state index in [0.717, 1.165) is 11.1 Å². The van der Waals surface area contributed by atoms with Crippen molar-refractivity contribution in [1.29, 1.82) is 5.26 Å². The van der Waals surface area contributed by atoms with Crippen LogP contribution >= 0.6 is 0 Å². The number of hydrogen-bond acceptors (Lipinski definition) is 4. The number of benzene rings is 2. The third-order valence-electron chi connectivity index (χ3n) is 3.83. The Morgan fingerprint density at radius 3 is 2.86 bits per heavy atom. The van der Waals surface area contributed by atoms with Crippen LogP contribution in [-0.2, 0) is 12.2 Å². The van der Waals surface area contributed by atoms with Crippen molar-refractivity contribution in [3.63, 3.8) is 0 Å². The molecule has 2 aromatic rings. The van der Waals surface area contributed by atoms with Crippen LogP contribution in [0.15, 0.2) is 42.5 Å². The Morgan fingerprint density at radius 2 is 2.10 bits per heavy atom. The zero-order valence-corrected chi connectivity index (χ0v) is 11.8. The molecule has 3 rings (SSSR count). The first kappa shape index (κ1) is 13.6. The number of rotatable bonds is 2. The van der Waals surface area contributed by atoms with Gasteiger partial charge in [-0.05, 0) is 36.4 Å². The van der Waals surface area contributed by atoms with Crippen molar-refractivity contribution in [2.24, 2.45) is 0 Å². The Labute approximate surface area is 123 Å². The van der Waals surface area contributed by atoms with Gasteiger partial charge in [0.1, 0.15) is 18.0 Å². The van der Waals surface area contributed by atoms with Gasteiger partial charge in [-0.25, -0.2) is 0 Å². The van der Waals surface area contributed by atoms with E-state index < -0.39 is 5.60 Å². The molecule has 4 heteroatoms. The van der Waals surface area contributed by atoms with E-state index in [1.165, 1.54) is 0 Å². The van der Waals surface area contributed by atoms with Crippen molar-refractivity contribution in [3.8, 4) is 11.8 Å². The van der Waals surface area contributed by atoms with Crippen LogP contribution in [0.3, 0.4) is 0 Å². The quantitative estimate of drug-likeness (QED) is 0.882. The van der Waals surface area contributed by atoms with Gasteiger partial charge in [0, 0.05) is 12.1 Å². The molecule has 106 valence electrons. The minimum Gasteiger partial charge on any atom is -0.488 e. The van der Waals surface area contributed by atoms with Gasteiger partial charge < -0.3 is 15.2 Å². The lowest BCUT2D eigenvalue weighted by Gasteiger charge is -2.29. The molecule has 1 unspecified atom stereocenters. The van der Waals surface area contributed by atoms with Gasteiger partial charge in [0.2, 0.25) is 0 Å². The predicted molar refractivity (Wildman–Crippen MR) is 78.9 cm³/mol. The van der Waals surface area contributed by atoms with Crippen molar-refractivity contribution in [3.05, 3.63) is 64.7 Å². The summed E-state index contributed by atoms with van der Waals surface area (Å²) in [6.45, 7) is 0.722. The number of nitriles is 1. The van der Waals surface area contributed by atoms with Crippen LogP contribution in [0.1, 0.15) is 22.3 Å². The summed E-state index contributed by atoms with van der Waals surface area (Å²) in [7, 11) is 1.79. The number of nitrogens with one attached hydrogen (secondary N) is 1. The first-order valence-corrected chi connectivity index (χ1v) is 6.82. The second-order valence-electron chi connectivity index (χ2n) is 5.16. The Kier molecular flexibility index (Phi) is 3.38. The molecule has 1 aliphatic heterocycles. The summed E-state index contributed by atoms with van der Waals surface area (Å²) in [5.41, 5.74) is 1.64. The van der Waals surface area contributed by atoms with Crippen LogP contribution in [0.4, 0.5) is 0 Å². The molecule has 1 aliphatic rings. The zero-order valence-electron chi connectivity index (χ0n) is 11.8. The van der Waals surface area contributed by atoms with Crippen LogP contribution < -0.4 is 10.1 Å². The number of aliphatic hydroxyl groups is 1. The molecule has 21 heavy (non-hydrogen) atoms. The van der Waals surface area contributed by atoms with E-state index in [4.69, 9.17) is 10.00 Å². The number of fused-ring (bicyclic) bond motifs is 2. The molecule has 0 amide bonds. The van der Waals surface area contributed by atoms with Gasteiger partial charge in [-0.15, -0.1) is 0 Å². The summed E-state index contributed by atoms with van der Waals surface area (Å²) in [5.74, 6) is 0.671. The third-order valence-corrected chi connectivity index (χ3v) is 3.83. The second kappa shape index (κ2) is 5.21. The predicted octanol–water partition coefficient (Wildman–Crippen LogP) is 1.91. The van der Waals surface area contributed by atoms with Gasteiger partial charge in [0.05, 0.1) is 11.6 Å². The summed E-state index contributed by atoms with van der Waals surface area (Å²) in [6, 6.07) is 15.0. The highest BCUT2D eigenvalue weighted by Gasteiger charge is 2.37. The molecular weight excluding hydrogens is 264 g/mol. The zero-order chi connectivity index (χ0) is 14.9. The molecule has 0 fully saturated rings. The minimum absolute atomic E-state index is 0.343. The molecule has 4 nitrogen and oxygen atoms in total. The van der Waals surface area contributed by atoms with Gasteiger partial charge in [-0.1, -0.05) is 24.3 Å². The highest BCUT2D eigenvalue weighted by molar-refractivity contribution is 5.52. The molecule has 0 saturated carbocycles. The van der Waals surface area contributed by atoms with Crippen LogP contribution in [0.25, 0.3) is 0 Å². The summed E-state index contributed by atoms with van der Waals surface area (Å²) in [6.07, 6.45) is 0. The topological polar surface area (TPSA) is 65.3 Å². The highest BCUT2D eigenvalue weighted by atomic mass is 16.5. The first-order valence-electron chi connectivity index (χ1n) is 6.82. The lowest BCUT2D eigenvalue weighted by molar-refractivity contribution is 0.0815. The molecule has 0 aromatic heterocycles. The van der Waals surface area contributed by atoms with Crippen LogP contribution in [0.5, 0.6) is 5.75 Å². The van der Waals surface area contributed by atoms with Crippen molar-refractivity contribution in [2.75, 3.05) is 13.6 Å². The maximum atomic E-state index is 11.3. The summed E-state index contributed by atoms with van der Waals surface area (Å²) in [5, 5.41) is 23.5. The molecular formula is C17H16N2O2. The lowest BCUT2D eigenvalue weighted by atomic mass is 9.83. The summed E-state index contributed by atoms with van der Waals surface area (Å²) in [4.78, 5) is 0.